The molecule has 8 aromatic carbocycles. The summed E-state index contributed by atoms with van der Waals surface area (Å²) in [6, 6.07) is 66.5. The molecule has 250 valence electrons. The first kappa shape index (κ1) is 30.8. The largest absolute Gasteiger partial charge is 0.456 e. The van der Waals surface area contributed by atoms with Crippen LogP contribution in [-0.2, 0) is 0 Å². The molecule has 0 radical (unpaired) electrons. The van der Waals surface area contributed by atoms with Crippen molar-refractivity contribution in [2.24, 2.45) is 4.99 Å². The lowest BCUT2D eigenvalue weighted by Gasteiger charge is -2.26. The van der Waals surface area contributed by atoms with Crippen molar-refractivity contribution in [3.05, 3.63) is 211 Å². The molecular weight excluding hydrogens is 645 g/mol. The van der Waals surface area contributed by atoms with Crippen molar-refractivity contribution in [2.45, 2.75) is 6.42 Å². The zero-order chi connectivity index (χ0) is 35.1. The van der Waals surface area contributed by atoms with Crippen LogP contribution in [0.3, 0.4) is 0 Å². The van der Waals surface area contributed by atoms with E-state index in [1.807, 2.05) is 0 Å². The zero-order valence-corrected chi connectivity index (χ0v) is 29.0. The summed E-state index contributed by atoms with van der Waals surface area (Å²) in [4.78, 5) is 7.60. The molecule has 0 spiro atoms. The molecule has 0 bridgehead atoms. The van der Waals surface area contributed by atoms with E-state index in [0.717, 1.165) is 61.5 Å². The second-order valence-electron chi connectivity index (χ2n) is 13.5. The number of rotatable bonds is 6. The van der Waals surface area contributed by atoms with Gasteiger partial charge in [-0.25, -0.2) is 0 Å². The molecule has 0 amide bonds. The second kappa shape index (κ2) is 13.0. The molecular formula is C50H34N2O. The van der Waals surface area contributed by atoms with Gasteiger partial charge in [-0.1, -0.05) is 133 Å². The maximum atomic E-state index is 6.66. The molecule has 0 atom stereocenters. The Hall–Kier alpha value is -6.97. The summed E-state index contributed by atoms with van der Waals surface area (Å²) in [5.74, 6) is 0. The van der Waals surface area contributed by atoms with Crippen LogP contribution in [0.4, 0.5) is 22.7 Å². The summed E-state index contributed by atoms with van der Waals surface area (Å²) in [7, 11) is 0. The van der Waals surface area contributed by atoms with Crippen molar-refractivity contribution in [3.63, 3.8) is 0 Å². The van der Waals surface area contributed by atoms with E-state index < -0.39 is 0 Å². The Morgan fingerprint density at radius 1 is 0.472 bits per heavy atom. The molecule has 53 heavy (non-hydrogen) atoms. The Balaban J connectivity index is 1.06. The van der Waals surface area contributed by atoms with Crippen LogP contribution < -0.4 is 4.90 Å². The molecule has 1 aromatic heterocycles. The van der Waals surface area contributed by atoms with Gasteiger partial charge in [-0.3, -0.25) is 4.99 Å². The van der Waals surface area contributed by atoms with E-state index >= 15 is 0 Å². The summed E-state index contributed by atoms with van der Waals surface area (Å²) < 4.78 is 6.66. The van der Waals surface area contributed by atoms with Crippen LogP contribution in [0.25, 0.3) is 49.4 Å². The lowest BCUT2D eigenvalue weighted by atomic mass is 9.94. The van der Waals surface area contributed by atoms with Gasteiger partial charge in [0.05, 0.1) is 22.5 Å². The van der Waals surface area contributed by atoms with Gasteiger partial charge >= 0.3 is 0 Å². The van der Waals surface area contributed by atoms with Gasteiger partial charge in [-0.05, 0) is 93.7 Å². The predicted octanol–water partition coefficient (Wildman–Crippen LogP) is 13.8. The Morgan fingerprint density at radius 2 is 1.15 bits per heavy atom. The first-order chi connectivity index (χ1) is 26.3. The highest BCUT2D eigenvalue weighted by atomic mass is 16.3. The van der Waals surface area contributed by atoms with Gasteiger partial charge in [-0.15, -0.1) is 0 Å². The number of fused-ring (bicyclic) bond motifs is 5. The highest BCUT2D eigenvalue weighted by molar-refractivity contribution is 6.15. The van der Waals surface area contributed by atoms with Crippen LogP contribution in [0, 0.1) is 0 Å². The summed E-state index contributed by atoms with van der Waals surface area (Å²) in [6.45, 7) is 0. The van der Waals surface area contributed by atoms with Gasteiger partial charge in [0.1, 0.15) is 11.2 Å². The van der Waals surface area contributed by atoms with Crippen LogP contribution in [0.1, 0.15) is 23.1 Å². The molecule has 0 fully saturated rings. The standard InChI is InChI=1S/C50H34N2O/c1-3-12-34(13-4-1)36-24-27-41(28-25-36)52(40-16-5-2-6-17-40)47-20-11-21-48-50(47)44-29-26-39(33-49(44)53-48)45-31-30-42(43-18-9-10-19-46(43)51-45)38-23-22-35-14-7-8-15-37(35)32-38/h1-30,32-33H,31H2. The normalized spacial score (nSPS) is 12.7. The number of hydrogen-bond donors (Lipinski definition) is 0. The number of nitrogens with zero attached hydrogens (tertiary/aromatic N) is 2. The van der Waals surface area contributed by atoms with E-state index in [4.69, 9.17) is 9.41 Å². The average molecular weight is 679 g/mol. The number of benzene rings is 8. The van der Waals surface area contributed by atoms with Crippen molar-refractivity contribution >= 4 is 66.7 Å². The van der Waals surface area contributed by atoms with E-state index in [-0.39, 0.29) is 0 Å². The third-order valence-electron chi connectivity index (χ3n) is 10.3. The molecule has 9 aromatic rings. The number of allylic oxidation sites excluding steroid dienone is 1. The third kappa shape index (κ3) is 5.60. The molecule has 0 unspecified atom stereocenters. The molecule has 0 N–H and O–H groups in total. The topological polar surface area (TPSA) is 28.7 Å². The summed E-state index contributed by atoms with van der Waals surface area (Å²) in [5.41, 5.74) is 13.9. The highest BCUT2D eigenvalue weighted by Crippen LogP contribution is 2.44. The molecule has 2 heterocycles. The minimum Gasteiger partial charge on any atom is -0.456 e. The molecule has 1 aliphatic rings. The molecule has 3 heteroatoms. The first-order valence-electron chi connectivity index (χ1n) is 18.1. The molecule has 0 saturated heterocycles. The van der Waals surface area contributed by atoms with E-state index in [9.17, 15) is 0 Å². The Kier molecular flexibility index (Phi) is 7.54. The minimum absolute atomic E-state index is 0.703. The van der Waals surface area contributed by atoms with Crippen LogP contribution in [0.15, 0.2) is 204 Å². The van der Waals surface area contributed by atoms with Gasteiger partial charge in [0.25, 0.3) is 0 Å². The Morgan fingerprint density at radius 3 is 2.00 bits per heavy atom. The number of anilines is 3. The zero-order valence-electron chi connectivity index (χ0n) is 29.0. The monoisotopic (exact) mass is 678 g/mol. The number of hydrogen-bond acceptors (Lipinski definition) is 3. The van der Waals surface area contributed by atoms with Gasteiger partial charge < -0.3 is 9.32 Å². The smallest absolute Gasteiger partial charge is 0.137 e. The summed E-state index contributed by atoms with van der Waals surface area (Å²) >= 11 is 0. The molecule has 3 nitrogen and oxygen atoms in total. The second-order valence-corrected chi connectivity index (χ2v) is 13.5. The van der Waals surface area contributed by atoms with Crippen LogP contribution in [0.2, 0.25) is 0 Å². The average Bonchev–Trinajstić information content (AvgIpc) is 3.49. The Bertz CT molecular complexity index is 2850. The van der Waals surface area contributed by atoms with Gasteiger partial charge in [-0.2, -0.15) is 0 Å². The fraction of sp³-hybridized carbons (Fsp3) is 0.0200. The number of para-hydroxylation sites is 2. The fourth-order valence-electron chi connectivity index (χ4n) is 7.72. The maximum absolute atomic E-state index is 6.66. The first-order valence-corrected chi connectivity index (χ1v) is 18.1. The predicted molar refractivity (Wildman–Crippen MR) is 222 cm³/mol. The van der Waals surface area contributed by atoms with E-state index in [1.165, 1.54) is 33.0 Å². The number of furan rings is 1. The van der Waals surface area contributed by atoms with Gasteiger partial charge in [0.2, 0.25) is 0 Å². The van der Waals surface area contributed by atoms with Crippen molar-refractivity contribution < 1.29 is 4.42 Å². The quantitative estimate of drug-likeness (QED) is 0.175. The highest BCUT2D eigenvalue weighted by Gasteiger charge is 2.21. The van der Waals surface area contributed by atoms with Crippen LogP contribution in [-0.4, -0.2) is 5.71 Å². The van der Waals surface area contributed by atoms with E-state index in [2.05, 4.69) is 199 Å². The third-order valence-corrected chi connectivity index (χ3v) is 10.3. The number of aliphatic imine (C=N–C) groups is 1. The van der Waals surface area contributed by atoms with Crippen molar-refractivity contribution in [2.75, 3.05) is 4.90 Å². The molecule has 10 rings (SSSR count). The van der Waals surface area contributed by atoms with Crippen molar-refractivity contribution in [1.82, 2.24) is 0 Å². The molecule has 1 aliphatic heterocycles. The van der Waals surface area contributed by atoms with Crippen LogP contribution in [0.5, 0.6) is 0 Å². The minimum atomic E-state index is 0.703. The van der Waals surface area contributed by atoms with Crippen molar-refractivity contribution in [1.29, 1.82) is 0 Å². The van der Waals surface area contributed by atoms with Gasteiger partial charge in [0, 0.05) is 34.3 Å². The van der Waals surface area contributed by atoms with Crippen LogP contribution >= 0.6 is 0 Å². The lowest BCUT2D eigenvalue weighted by molar-refractivity contribution is 0.669. The fourth-order valence-corrected chi connectivity index (χ4v) is 7.72. The molecule has 0 saturated carbocycles. The van der Waals surface area contributed by atoms with Crippen molar-refractivity contribution in [3.8, 4) is 11.1 Å². The lowest BCUT2D eigenvalue weighted by Crippen LogP contribution is -2.10. The SMILES string of the molecule is C1=C(c2ccc3ccccc3c2)c2ccccc2N=C(c2ccc3c(c2)oc2cccc(N(c4ccccc4)c4ccc(-c5ccccc5)cc4)c23)C1. The van der Waals surface area contributed by atoms with E-state index in [0.29, 0.717) is 6.42 Å². The Labute approximate surface area is 308 Å². The maximum Gasteiger partial charge on any atom is 0.137 e. The summed E-state index contributed by atoms with van der Waals surface area (Å²) in [6.07, 6.45) is 3.03. The summed E-state index contributed by atoms with van der Waals surface area (Å²) in [5, 5.41) is 4.63. The van der Waals surface area contributed by atoms with Gasteiger partial charge in [0.15, 0.2) is 0 Å². The van der Waals surface area contributed by atoms with E-state index in [1.54, 1.807) is 0 Å². The molecule has 0 aliphatic carbocycles.